The number of oxime groups is 1. The first-order chi connectivity index (χ1) is 18.6. The van der Waals surface area contributed by atoms with Crippen molar-refractivity contribution in [1.29, 1.82) is 0 Å². The van der Waals surface area contributed by atoms with Gasteiger partial charge in [-0.05, 0) is 80.3 Å². The third-order valence-electron chi connectivity index (χ3n) is 9.61. The summed E-state index contributed by atoms with van der Waals surface area (Å²) in [6.45, 7) is 16.8. The molecule has 3 aliphatic rings. The Bertz CT molecular complexity index is 765. The van der Waals surface area contributed by atoms with Crippen molar-refractivity contribution in [2.75, 3.05) is 40.3 Å². The summed E-state index contributed by atoms with van der Waals surface area (Å²) in [7, 11) is -0.315. The van der Waals surface area contributed by atoms with Crippen molar-refractivity contribution in [3.8, 4) is 0 Å². The Morgan fingerprint density at radius 2 is 1.85 bits per heavy atom. The molecule has 2 fully saturated rings. The van der Waals surface area contributed by atoms with Crippen molar-refractivity contribution >= 4 is 14.5 Å². The van der Waals surface area contributed by atoms with Gasteiger partial charge < -0.3 is 33.3 Å². The number of hydrogen-bond donors (Lipinski definition) is 1. The fourth-order valence-corrected chi connectivity index (χ4v) is 7.62. The second-order valence-corrected chi connectivity index (χ2v) is 17.9. The lowest BCUT2D eigenvalue weighted by Gasteiger charge is -2.42. The summed E-state index contributed by atoms with van der Waals surface area (Å²) in [6.07, 6.45) is 12.4. The van der Waals surface area contributed by atoms with E-state index in [2.05, 4.69) is 58.1 Å². The van der Waals surface area contributed by atoms with E-state index < -0.39 is 8.32 Å². The summed E-state index contributed by atoms with van der Waals surface area (Å²) >= 11 is 0. The van der Waals surface area contributed by atoms with E-state index in [9.17, 15) is 5.21 Å². The Morgan fingerprint density at radius 1 is 1.10 bits per heavy atom. The van der Waals surface area contributed by atoms with Crippen molar-refractivity contribution < 1.29 is 33.3 Å². The lowest BCUT2D eigenvalue weighted by molar-refractivity contribution is -0.106. The van der Waals surface area contributed by atoms with Gasteiger partial charge in [0.05, 0.1) is 32.5 Å². The monoisotopic (exact) mass is 569 g/mol. The van der Waals surface area contributed by atoms with Crippen LogP contribution in [0.1, 0.15) is 66.2 Å². The molecule has 0 unspecified atom stereocenters. The van der Waals surface area contributed by atoms with Crippen LogP contribution < -0.4 is 0 Å². The number of hydrogen-bond acceptors (Lipinski definition) is 8. The molecule has 0 aromatic carbocycles. The molecule has 0 radical (unpaired) electrons. The molecule has 1 heterocycles. The van der Waals surface area contributed by atoms with E-state index in [1.165, 1.54) is 0 Å². The highest BCUT2D eigenvalue weighted by Gasteiger charge is 2.47. The first-order valence-corrected chi connectivity index (χ1v) is 17.9. The molecule has 2 aliphatic carbocycles. The van der Waals surface area contributed by atoms with Crippen LogP contribution in [0.5, 0.6) is 0 Å². The molecule has 0 aromatic heterocycles. The van der Waals surface area contributed by atoms with Crippen LogP contribution in [-0.2, 0) is 28.1 Å². The molecule has 39 heavy (non-hydrogen) atoms. The highest BCUT2D eigenvalue weighted by molar-refractivity contribution is 6.74. The second kappa shape index (κ2) is 15.4. The summed E-state index contributed by atoms with van der Waals surface area (Å²) in [6, 6.07) is 0. The van der Waals surface area contributed by atoms with Gasteiger partial charge in [-0.15, -0.1) is 5.16 Å². The van der Waals surface area contributed by atoms with Gasteiger partial charge in [0.15, 0.2) is 14.6 Å². The summed E-state index contributed by atoms with van der Waals surface area (Å²) < 4.78 is 35.6. The van der Waals surface area contributed by atoms with E-state index in [0.717, 1.165) is 38.5 Å². The number of allylic oxidation sites excluding steroid dienone is 1. The Morgan fingerprint density at radius 3 is 2.51 bits per heavy atom. The van der Waals surface area contributed by atoms with Crippen LogP contribution >= 0.6 is 0 Å². The van der Waals surface area contributed by atoms with Gasteiger partial charge in [0.25, 0.3) is 0 Å². The maximum atomic E-state index is 9.31. The molecule has 0 spiro atoms. The largest absolute Gasteiger partial charge is 0.414 e. The van der Waals surface area contributed by atoms with Crippen LogP contribution in [0.15, 0.2) is 17.3 Å². The number of fused-ring (bicyclic) bond motifs is 1. The lowest BCUT2D eigenvalue weighted by atomic mass is 9.75. The molecule has 1 aliphatic heterocycles. The lowest BCUT2D eigenvalue weighted by Crippen LogP contribution is -2.47. The quantitative estimate of drug-likeness (QED) is 0.0475. The van der Waals surface area contributed by atoms with Crippen LogP contribution in [0.2, 0.25) is 18.1 Å². The molecule has 0 amide bonds. The summed E-state index contributed by atoms with van der Waals surface area (Å²) in [4.78, 5) is 0. The number of rotatable bonds is 15. The first kappa shape index (κ1) is 32.7. The molecule has 1 N–H and O–H groups in total. The molecule has 3 rings (SSSR count). The molecule has 226 valence electrons. The average molecular weight is 570 g/mol. The first-order valence-electron chi connectivity index (χ1n) is 15.0. The van der Waals surface area contributed by atoms with Gasteiger partial charge in [-0.25, -0.2) is 0 Å². The molecule has 7 atom stereocenters. The maximum Gasteiger partial charge on any atom is 0.192 e. The van der Waals surface area contributed by atoms with Gasteiger partial charge in [-0.3, -0.25) is 0 Å². The van der Waals surface area contributed by atoms with Crippen LogP contribution in [0.3, 0.4) is 0 Å². The third-order valence-corrected chi connectivity index (χ3v) is 14.1. The Balaban J connectivity index is 1.79. The molecule has 0 aromatic rings. The van der Waals surface area contributed by atoms with Crippen LogP contribution in [-0.4, -0.2) is 78.6 Å². The number of nitrogens with zero attached hydrogens (tertiary/aromatic N) is 1. The van der Waals surface area contributed by atoms with E-state index in [-0.39, 0.29) is 23.5 Å². The van der Waals surface area contributed by atoms with Gasteiger partial charge >= 0.3 is 0 Å². The number of methoxy groups -OCH3 is 1. The molecule has 0 bridgehead atoms. The zero-order chi connectivity index (χ0) is 28.5. The average Bonchev–Trinajstić information content (AvgIpc) is 3.51. The van der Waals surface area contributed by atoms with Crippen molar-refractivity contribution in [3.63, 3.8) is 0 Å². The summed E-state index contributed by atoms with van der Waals surface area (Å²) in [5.74, 6) is 1.80. The van der Waals surface area contributed by atoms with Gasteiger partial charge in [0.2, 0.25) is 0 Å². The van der Waals surface area contributed by atoms with Gasteiger partial charge in [-0.1, -0.05) is 39.8 Å². The van der Waals surface area contributed by atoms with Crippen molar-refractivity contribution in [1.82, 2.24) is 0 Å². The van der Waals surface area contributed by atoms with Crippen molar-refractivity contribution in [3.05, 3.63) is 12.2 Å². The van der Waals surface area contributed by atoms with E-state index in [1.807, 2.05) is 0 Å². The smallest absolute Gasteiger partial charge is 0.192 e. The zero-order valence-corrected chi connectivity index (χ0v) is 26.5. The minimum Gasteiger partial charge on any atom is -0.414 e. The van der Waals surface area contributed by atoms with Gasteiger partial charge in [0, 0.05) is 25.3 Å². The Labute approximate surface area is 237 Å². The van der Waals surface area contributed by atoms with Gasteiger partial charge in [-0.2, -0.15) is 0 Å². The normalized spacial score (nSPS) is 30.1. The molecule has 1 saturated carbocycles. The predicted octanol–water partition coefficient (Wildman–Crippen LogP) is 6.24. The number of ether oxygens (including phenoxy) is 5. The summed E-state index contributed by atoms with van der Waals surface area (Å²) in [5.41, 5.74) is 0. The fourth-order valence-electron chi connectivity index (χ4n) is 6.23. The second-order valence-electron chi connectivity index (χ2n) is 13.2. The van der Waals surface area contributed by atoms with E-state index in [1.54, 1.807) is 13.3 Å². The zero-order valence-electron chi connectivity index (χ0n) is 25.5. The molecular formula is C30H55NO7Si. The Kier molecular flexibility index (Phi) is 12.9. The topological polar surface area (TPSA) is 88.0 Å². The van der Waals surface area contributed by atoms with E-state index >= 15 is 0 Å². The molecule has 9 heteroatoms. The summed E-state index contributed by atoms with van der Waals surface area (Å²) in [5, 5.41) is 12.8. The molecule has 1 saturated heterocycles. The standard InChI is InChI=1S/C30H55NO7Si/c1-22(8-13-29-35-18-19-36-29)24(14-15-31-32)23-9-10-25-26(11-12-27(25)37-21-34-17-16-33-5)28(20-23)38-39(6,7)30(2,3)4/h9-10,15,22-29,32H,8,11-14,16-21H2,1-7H3/b31-15+/t22-,23+,24+,25+,26+,27-,28-/m0/s1. The van der Waals surface area contributed by atoms with Gasteiger partial charge in [0.1, 0.15) is 6.79 Å². The van der Waals surface area contributed by atoms with Crippen LogP contribution in [0.25, 0.3) is 0 Å². The molecular weight excluding hydrogens is 514 g/mol. The van der Waals surface area contributed by atoms with Crippen molar-refractivity contribution in [2.45, 2.75) is 103 Å². The van der Waals surface area contributed by atoms with Crippen molar-refractivity contribution in [2.24, 2.45) is 34.7 Å². The highest BCUT2D eigenvalue weighted by atomic mass is 28.4. The molecule has 8 nitrogen and oxygen atoms in total. The van der Waals surface area contributed by atoms with E-state index in [0.29, 0.717) is 62.8 Å². The van der Waals surface area contributed by atoms with E-state index in [4.69, 9.17) is 28.1 Å². The fraction of sp³-hybridized carbons (Fsp3) is 0.900. The SMILES string of the molecule is COCCOCO[C@H]1CC[C@@H]2[C@H]1C=C[C@@H]([C@H](C/C=N/O)[C@@H](C)CCC1OCCO1)C[C@@H]2O[Si](C)(C)C(C)(C)C. The maximum absolute atomic E-state index is 9.31. The minimum absolute atomic E-state index is 0.0951. The van der Waals surface area contributed by atoms with Crippen LogP contribution in [0.4, 0.5) is 0 Å². The third kappa shape index (κ3) is 9.35. The minimum atomic E-state index is -1.99. The van der Waals surface area contributed by atoms with Crippen LogP contribution in [0, 0.1) is 29.6 Å². The Hall–Kier alpha value is -0.813. The highest BCUT2D eigenvalue weighted by Crippen LogP contribution is 2.48. The predicted molar refractivity (Wildman–Crippen MR) is 156 cm³/mol.